The van der Waals surface area contributed by atoms with Crippen LogP contribution >= 0.6 is 23.4 Å². The van der Waals surface area contributed by atoms with Crippen molar-refractivity contribution in [3.63, 3.8) is 0 Å². The van der Waals surface area contributed by atoms with Crippen LogP contribution in [0.4, 0.5) is 14.5 Å². The van der Waals surface area contributed by atoms with E-state index in [9.17, 15) is 13.6 Å². The standard InChI is InChI=1S/C16H11ClF2N2O2S/c17-12-2-1-3-13(15(12)24-16(18)19)21-14(22)9-23-11-6-4-10(8-20)5-7-11/h1-7,16H,9H2,(H,21,22). The van der Waals surface area contributed by atoms with Gasteiger partial charge in [-0.25, -0.2) is 0 Å². The number of hydrogen-bond acceptors (Lipinski definition) is 4. The normalized spacial score (nSPS) is 10.3. The Hall–Kier alpha value is -2.30. The second-order valence-electron chi connectivity index (χ2n) is 4.47. The maximum absolute atomic E-state index is 12.6. The fraction of sp³-hybridized carbons (Fsp3) is 0.125. The minimum Gasteiger partial charge on any atom is -0.484 e. The molecule has 2 aromatic carbocycles. The zero-order chi connectivity index (χ0) is 17.5. The maximum Gasteiger partial charge on any atom is 0.289 e. The van der Waals surface area contributed by atoms with Crippen LogP contribution in [0.3, 0.4) is 0 Å². The Labute approximate surface area is 146 Å². The highest BCUT2D eigenvalue weighted by Crippen LogP contribution is 2.37. The molecule has 0 bridgehead atoms. The molecular weight excluding hydrogens is 358 g/mol. The Morgan fingerprint density at radius 1 is 1.29 bits per heavy atom. The molecule has 24 heavy (non-hydrogen) atoms. The van der Waals surface area contributed by atoms with Crippen molar-refractivity contribution in [2.45, 2.75) is 10.7 Å². The number of nitriles is 1. The lowest BCUT2D eigenvalue weighted by molar-refractivity contribution is -0.118. The first kappa shape index (κ1) is 18.0. The molecule has 8 heteroatoms. The molecule has 0 aliphatic carbocycles. The van der Waals surface area contributed by atoms with Crippen molar-refractivity contribution < 1.29 is 18.3 Å². The van der Waals surface area contributed by atoms with E-state index in [4.69, 9.17) is 21.6 Å². The Balaban J connectivity index is 1.99. The highest BCUT2D eigenvalue weighted by molar-refractivity contribution is 7.99. The molecule has 0 saturated carbocycles. The summed E-state index contributed by atoms with van der Waals surface area (Å²) in [5.41, 5.74) is 0.667. The fourth-order valence-electron chi connectivity index (χ4n) is 1.78. The van der Waals surface area contributed by atoms with Crippen molar-refractivity contribution in [2.75, 3.05) is 11.9 Å². The van der Waals surface area contributed by atoms with Gasteiger partial charge in [0.2, 0.25) is 0 Å². The molecule has 0 spiro atoms. The number of alkyl halides is 2. The van der Waals surface area contributed by atoms with Crippen molar-refractivity contribution >= 4 is 35.0 Å². The fourth-order valence-corrected chi connectivity index (χ4v) is 2.69. The SMILES string of the molecule is N#Cc1ccc(OCC(=O)Nc2cccc(Cl)c2SC(F)F)cc1. The number of benzene rings is 2. The number of carbonyl (C=O) groups is 1. The third kappa shape index (κ3) is 5.11. The molecule has 1 N–H and O–H groups in total. The molecule has 0 aliphatic heterocycles. The van der Waals surface area contributed by atoms with Gasteiger partial charge in [-0.1, -0.05) is 29.4 Å². The van der Waals surface area contributed by atoms with Crippen LogP contribution in [0, 0.1) is 11.3 Å². The molecule has 2 rings (SSSR count). The van der Waals surface area contributed by atoms with E-state index < -0.39 is 11.7 Å². The summed E-state index contributed by atoms with van der Waals surface area (Å²) in [4.78, 5) is 12.0. The molecule has 4 nitrogen and oxygen atoms in total. The van der Waals surface area contributed by atoms with E-state index >= 15 is 0 Å². The molecule has 0 atom stereocenters. The summed E-state index contributed by atoms with van der Waals surface area (Å²) in [5.74, 6) is -2.76. The third-order valence-corrected chi connectivity index (χ3v) is 4.08. The van der Waals surface area contributed by atoms with Gasteiger partial charge in [0.05, 0.1) is 27.2 Å². The maximum atomic E-state index is 12.6. The molecule has 0 unspecified atom stereocenters. The summed E-state index contributed by atoms with van der Waals surface area (Å²) in [6.07, 6.45) is 0. The Morgan fingerprint density at radius 3 is 2.62 bits per heavy atom. The summed E-state index contributed by atoms with van der Waals surface area (Å²) >= 11 is 6.16. The van der Waals surface area contributed by atoms with Crippen molar-refractivity contribution in [2.24, 2.45) is 0 Å². The van der Waals surface area contributed by atoms with Crippen LogP contribution in [0.25, 0.3) is 0 Å². The van der Waals surface area contributed by atoms with Crippen molar-refractivity contribution in [1.29, 1.82) is 5.26 Å². The Bertz CT molecular complexity index is 764. The molecular formula is C16H11ClF2N2O2S. The monoisotopic (exact) mass is 368 g/mol. The largest absolute Gasteiger partial charge is 0.484 e. The van der Waals surface area contributed by atoms with Crippen LogP contribution in [-0.2, 0) is 4.79 Å². The second-order valence-corrected chi connectivity index (χ2v) is 5.88. The number of amides is 1. The molecule has 0 radical (unpaired) electrons. The zero-order valence-electron chi connectivity index (χ0n) is 12.1. The Morgan fingerprint density at radius 2 is 2.00 bits per heavy atom. The van der Waals surface area contributed by atoms with Gasteiger partial charge in [-0.15, -0.1) is 0 Å². The Kier molecular flexibility index (Phi) is 6.41. The van der Waals surface area contributed by atoms with E-state index in [2.05, 4.69) is 5.32 Å². The number of carbonyl (C=O) groups excluding carboxylic acids is 1. The number of nitrogens with one attached hydrogen (secondary N) is 1. The van der Waals surface area contributed by atoms with Gasteiger partial charge in [0.15, 0.2) is 6.61 Å². The number of anilines is 1. The lowest BCUT2D eigenvalue weighted by Gasteiger charge is -2.12. The summed E-state index contributed by atoms with van der Waals surface area (Å²) < 4.78 is 30.5. The molecule has 2 aromatic rings. The van der Waals surface area contributed by atoms with Crippen LogP contribution < -0.4 is 10.1 Å². The first-order chi connectivity index (χ1) is 11.5. The molecule has 0 aliphatic rings. The predicted molar refractivity (Wildman–Crippen MR) is 88.6 cm³/mol. The van der Waals surface area contributed by atoms with E-state index in [1.165, 1.54) is 12.1 Å². The quantitative estimate of drug-likeness (QED) is 0.760. The molecule has 1 amide bonds. The van der Waals surface area contributed by atoms with Gasteiger partial charge >= 0.3 is 0 Å². The van der Waals surface area contributed by atoms with Gasteiger partial charge in [0.1, 0.15) is 5.75 Å². The average molecular weight is 369 g/mol. The number of hydrogen-bond donors (Lipinski definition) is 1. The molecule has 0 saturated heterocycles. The minimum absolute atomic E-state index is 0.0980. The smallest absolute Gasteiger partial charge is 0.289 e. The van der Waals surface area contributed by atoms with Crippen molar-refractivity contribution in [1.82, 2.24) is 0 Å². The average Bonchev–Trinajstić information content (AvgIpc) is 2.56. The van der Waals surface area contributed by atoms with Crippen LogP contribution in [-0.4, -0.2) is 18.3 Å². The topological polar surface area (TPSA) is 62.1 Å². The van der Waals surface area contributed by atoms with Crippen molar-refractivity contribution in [3.05, 3.63) is 53.1 Å². The highest BCUT2D eigenvalue weighted by Gasteiger charge is 2.15. The minimum atomic E-state index is -2.66. The third-order valence-electron chi connectivity index (χ3n) is 2.80. The number of thioether (sulfide) groups is 1. The summed E-state index contributed by atoms with van der Waals surface area (Å²) in [6, 6.07) is 12.7. The van der Waals surface area contributed by atoms with E-state index in [0.717, 1.165) is 0 Å². The summed E-state index contributed by atoms with van der Waals surface area (Å²) in [6.45, 7) is -0.308. The van der Waals surface area contributed by atoms with E-state index in [-0.39, 0.29) is 34.0 Å². The molecule has 0 aromatic heterocycles. The first-order valence-corrected chi connectivity index (χ1v) is 7.91. The van der Waals surface area contributed by atoms with Crippen molar-refractivity contribution in [3.8, 4) is 11.8 Å². The number of ether oxygens (including phenoxy) is 1. The van der Waals surface area contributed by atoms with Gasteiger partial charge in [-0.05, 0) is 36.4 Å². The van der Waals surface area contributed by atoms with E-state index in [1.807, 2.05) is 6.07 Å². The van der Waals surface area contributed by atoms with Crippen LogP contribution in [0.1, 0.15) is 5.56 Å². The highest BCUT2D eigenvalue weighted by atomic mass is 35.5. The van der Waals surface area contributed by atoms with Gasteiger partial charge in [-0.2, -0.15) is 14.0 Å². The lowest BCUT2D eigenvalue weighted by atomic mass is 10.2. The van der Waals surface area contributed by atoms with Gasteiger partial charge < -0.3 is 10.1 Å². The summed E-state index contributed by atoms with van der Waals surface area (Å²) in [5, 5.41) is 11.3. The number of rotatable bonds is 6. The van der Waals surface area contributed by atoms with E-state index in [1.54, 1.807) is 30.3 Å². The lowest BCUT2D eigenvalue weighted by Crippen LogP contribution is -2.20. The van der Waals surface area contributed by atoms with E-state index in [0.29, 0.717) is 11.3 Å². The zero-order valence-corrected chi connectivity index (χ0v) is 13.7. The number of nitrogens with zero attached hydrogens (tertiary/aromatic N) is 1. The van der Waals surface area contributed by atoms with Gasteiger partial charge in [0.25, 0.3) is 11.7 Å². The second kappa shape index (κ2) is 8.52. The van der Waals surface area contributed by atoms with Crippen LogP contribution in [0.5, 0.6) is 5.75 Å². The van der Waals surface area contributed by atoms with Gasteiger partial charge in [0, 0.05) is 0 Å². The van der Waals surface area contributed by atoms with Crippen LogP contribution in [0.15, 0.2) is 47.4 Å². The first-order valence-electron chi connectivity index (χ1n) is 6.65. The molecule has 0 fully saturated rings. The summed E-state index contributed by atoms with van der Waals surface area (Å²) in [7, 11) is 0. The molecule has 124 valence electrons. The molecule has 0 heterocycles. The predicted octanol–water partition coefficient (Wildman–Crippen LogP) is 4.54. The van der Waals surface area contributed by atoms with Gasteiger partial charge in [-0.3, -0.25) is 4.79 Å². The van der Waals surface area contributed by atoms with Crippen LogP contribution in [0.2, 0.25) is 5.02 Å². The number of halogens is 3.